The number of nitrogens with zero attached hydrogens (tertiary/aromatic N) is 1. The van der Waals surface area contributed by atoms with Crippen LogP contribution in [0.3, 0.4) is 0 Å². The van der Waals surface area contributed by atoms with Gasteiger partial charge in [0.25, 0.3) is 0 Å². The molecule has 0 amide bonds. The first-order valence-corrected chi connectivity index (χ1v) is 8.46. The molecule has 120 valence electrons. The highest BCUT2D eigenvalue weighted by Crippen LogP contribution is 2.37. The molecule has 2 nitrogen and oxygen atoms in total. The van der Waals surface area contributed by atoms with Crippen LogP contribution >= 0.6 is 0 Å². The summed E-state index contributed by atoms with van der Waals surface area (Å²) in [6.45, 7) is 11.0. The van der Waals surface area contributed by atoms with Gasteiger partial charge < -0.3 is 5.32 Å². The van der Waals surface area contributed by atoms with Gasteiger partial charge in [0, 0.05) is 6.21 Å². The Balaban J connectivity index is 1.97. The third-order valence-corrected chi connectivity index (χ3v) is 4.60. The Kier molecular flexibility index (Phi) is 4.25. The van der Waals surface area contributed by atoms with Crippen LogP contribution < -0.4 is 5.32 Å². The number of hydrogen-bond donors (Lipinski definition) is 1. The molecule has 3 rings (SSSR count). The molecule has 0 saturated carbocycles. The number of nitrogens with one attached hydrogen (secondary N) is 1. The third-order valence-electron chi connectivity index (χ3n) is 4.60. The summed E-state index contributed by atoms with van der Waals surface area (Å²) in [5, 5.41) is 3.67. The maximum Gasteiger partial charge on any atom is 0.0890 e. The van der Waals surface area contributed by atoms with E-state index < -0.39 is 0 Å². The lowest BCUT2D eigenvalue weighted by atomic mass is 9.93. The quantitative estimate of drug-likeness (QED) is 0.775. The lowest BCUT2D eigenvalue weighted by molar-refractivity contribution is 0.647. The Morgan fingerprint density at radius 3 is 2.65 bits per heavy atom. The molecule has 0 saturated heterocycles. The van der Waals surface area contributed by atoms with Crippen LogP contribution in [-0.2, 0) is 6.42 Å². The fourth-order valence-corrected chi connectivity index (χ4v) is 3.37. The van der Waals surface area contributed by atoms with Crippen LogP contribution in [0.25, 0.3) is 0 Å². The fourth-order valence-electron chi connectivity index (χ4n) is 3.37. The van der Waals surface area contributed by atoms with Crippen molar-refractivity contribution in [1.29, 1.82) is 0 Å². The van der Waals surface area contributed by atoms with E-state index >= 15 is 0 Å². The monoisotopic (exact) mass is 306 g/mol. The molecule has 1 aliphatic heterocycles. The first-order valence-electron chi connectivity index (χ1n) is 8.46. The minimum Gasteiger partial charge on any atom is -0.372 e. The summed E-state index contributed by atoms with van der Waals surface area (Å²) in [4.78, 5) is 4.82. The van der Waals surface area contributed by atoms with Gasteiger partial charge in [0.05, 0.1) is 17.4 Å². The smallest absolute Gasteiger partial charge is 0.0890 e. The lowest BCUT2D eigenvalue weighted by Crippen LogP contribution is -2.17. The van der Waals surface area contributed by atoms with Crippen LogP contribution in [0, 0.1) is 26.7 Å². The number of aryl methyl sites for hydroxylation is 2. The first-order chi connectivity index (χ1) is 11.0. The van der Waals surface area contributed by atoms with Crippen molar-refractivity contribution in [3.05, 3.63) is 58.1 Å². The molecule has 0 bridgehead atoms. The van der Waals surface area contributed by atoms with Crippen molar-refractivity contribution < 1.29 is 0 Å². The summed E-state index contributed by atoms with van der Waals surface area (Å²) in [5.74, 6) is 0.635. The molecule has 0 spiro atoms. The van der Waals surface area contributed by atoms with Crippen LogP contribution in [0.15, 0.2) is 35.3 Å². The average molecular weight is 306 g/mol. The van der Waals surface area contributed by atoms with Crippen LogP contribution in [0.5, 0.6) is 0 Å². The van der Waals surface area contributed by atoms with E-state index in [4.69, 9.17) is 4.99 Å². The molecule has 1 N–H and O–H groups in total. The Bertz CT molecular complexity index is 757. The zero-order valence-corrected chi connectivity index (χ0v) is 14.8. The van der Waals surface area contributed by atoms with E-state index in [0.717, 1.165) is 17.8 Å². The van der Waals surface area contributed by atoms with Gasteiger partial charge in [0.15, 0.2) is 0 Å². The predicted octanol–water partition coefficient (Wildman–Crippen LogP) is 5.68. The van der Waals surface area contributed by atoms with Gasteiger partial charge in [-0.1, -0.05) is 43.7 Å². The molecule has 0 radical (unpaired) electrons. The Morgan fingerprint density at radius 2 is 1.91 bits per heavy atom. The van der Waals surface area contributed by atoms with Gasteiger partial charge in [-0.05, 0) is 61.4 Å². The van der Waals surface area contributed by atoms with Crippen molar-refractivity contribution in [2.24, 2.45) is 10.9 Å². The van der Waals surface area contributed by atoms with E-state index in [1.807, 2.05) is 0 Å². The number of hydrogen-bond acceptors (Lipinski definition) is 2. The van der Waals surface area contributed by atoms with Crippen molar-refractivity contribution in [2.75, 3.05) is 5.32 Å². The molecule has 2 aromatic rings. The van der Waals surface area contributed by atoms with E-state index in [9.17, 15) is 0 Å². The predicted molar refractivity (Wildman–Crippen MR) is 100 cm³/mol. The minimum absolute atomic E-state index is 0.149. The van der Waals surface area contributed by atoms with Crippen molar-refractivity contribution >= 4 is 17.6 Å². The Labute approximate surface area is 139 Å². The van der Waals surface area contributed by atoms with E-state index in [0.29, 0.717) is 5.92 Å². The SMILES string of the molecule is Cc1cc(C)c(C)c(C2C=Nc3c(CC(C)C)cccc3N2)c1. The molecule has 0 aromatic heterocycles. The second-order valence-corrected chi connectivity index (χ2v) is 7.11. The molecular formula is C21H26N2. The zero-order chi connectivity index (χ0) is 16.6. The standard InChI is InChI=1S/C21H26N2/c1-13(2)9-17-7-6-8-19-21(17)22-12-20(23-19)18-11-14(3)10-15(4)16(18)5/h6-8,10-13,20,23H,9H2,1-5H3. The van der Waals surface area contributed by atoms with E-state index in [2.05, 4.69) is 76.5 Å². The van der Waals surface area contributed by atoms with Gasteiger partial charge in [-0.3, -0.25) is 4.99 Å². The number of anilines is 1. The van der Waals surface area contributed by atoms with Crippen molar-refractivity contribution in [1.82, 2.24) is 0 Å². The summed E-state index contributed by atoms with van der Waals surface area (Å²) < 4.78 is 0. The van der Waals surface area contributed by atoms with Gasteiger partial charge in [0.1, 0.15) is 0 Å². The second-order valence-electron chi connectivity index (χ2n) is 7.11. The lowest BCUT2D eigenvalue weighted by Gasteiger charge is -2.26. The van der Waals surface area contributed by atoms with Crippen LogP contribution in [0.2, 0.25) is 0 Å². The maximum absolute atomic E-state index is 4.82. The molecule has 1 heterocycles. The summed E-state index contributed by atoms with van der Waals surface area (Å²) >= 11 is 0. The normalized spacial score (nSPS) is 16.3. The molecule has 23 heavy (non-hydrogen) atoms. The molecule has 2 aromatic carbocycles. The highest BCUT2D eigenvalue weighted by molar-refractivity contribution is 5.86. The topological polar surface area (TPSA) is 24.4 Å². The van der Waals surface area contributed by atoms with E-state index in [1.54, 1.807) is 0 Å². The number of rotatable bonds is 3. The van der Waals surface area contributed by atoms with Crippen molar-refractivity contribution in [3.8, 4) is 0 Å². The molecular weight excluding hydrogens is 280 g/mol. The number of para-hydroxylation sites is 1. The highest BCUT2D eigenvalue weighted by atomic mass is 15.0. The number of fused-ring (bicyclic) bond motifs is 1. The van der Waals surface area contributed by atoms with Gasteiger partial charge in [-0.2, -0.15) is 0 Å². The van der Waals surface area contributed by atoms with Crippen LogP contribution in [-0.4, -0.2) is 6.21 Å². The van der Waals surface area contributed by atoms with Gasteiger partial charge in [-0.15, -0.1) is 0 Å². The Morgan fingerprint density at radius 1 is 1.13 bits per heavy atom. The number of aliphatic imine (C=N–C) groups is 1. The molecule has 0 aliphatic carbocycles. The second kappa shape index (κ2) is 6.19. The van der Waals surface area contributed by atoms with Gasteiger partial charge >= 0.3 is 0 Å². The highest BCUT2D eigenvalue weighted by Gasteiger charge is 2.20. The minimum atomic E-state index is 0.149. The molecule has 1 unspecified atom stereocenters. The summed E-state index contributed by atoms with van der Waals surface area (Å²) in [6, 6.07) is 11.1. The largest absolute Gasteiger partial charge is 0.372 e. The van der Waals surface area contributed by atoms with E-state index in [1.165, 1.54) is 27.8 Å². The maximum atomic E-state index is 4.82. The average Bonchev–Trinajstić information content (AvgIpc) is 2.50. The Hall–Kier alpha value is -2.09. The van der Waals surface area contributed by atoms with Crippen molar-refractivity contribution in [3.63, 3.8) is 0 Å². The molecule has 2 heteroatoms. The summed E-state index contributed by atoms with van der Waals surface area (Å²) in [7, 11) is 0. The van der Waals surface area contributed by atoms with Gasteiger partial charge in [-0.25, -0.2) is 0 Å². The van der Waals surface area contributed by atoms with Crippen LogP contribution in [0.4, 0.5) is 11.4 Å². The fraction of sp³-hybridized carbons (Fsp3) is 0.381. The summed E-state index contributed by atoms with van der Waals surface area (Å²) in [5.41, 5.74) is 8.91. The molecule has 0 fully saturated rings. The third kappa shape index (κ3) is 3.17. The number of benzene rings is 2. The first kappa shape index (κ1) is 15.8. The van der Waals surface area contributed by atoms with E-state index in [-0.39, 0.29) is 6.04 Å². The zero-order valence-electron chi connectivity index (χ0n) is 14.8. The van der Waals surface area contributed by atoms with Crippen LogP contribution in [0.1, 0.15) is 47.7 Å². The molecule has 1 aliphatic rings. The molecule has 1 atom stereocenters. The van der Waals surface area contributed by atoms with Gasteiger partial charge in [0.2, 0.25) is 0 Å². The summed E-state index contributed by atoms with van der Waals surface area (Å²) in [6.07, 6.45) is 3.13. The van der Waals surface area contributed by atoms with Crippen molar-refractivity contribution in [2.45, 2.75) is 47.1 Å².